The Hall–Kier alpha value is -2.10. The van der Waals surface area contributed by atoms with Gasteiger partial charge in [0.1, 0.15) is 11.3 Å². The van der Waals surface area contributed by atoms with E-state index in [0.29, 0.717) is 5.75 Å². The van der Waals surface area contributed by atoms with E-state index in [1.807, 2.05) is 13.0 Å². The fraction of sp³-hybridized carbons (Fsp3) is 0.167. The third-order valence-corrected chi connectivity index (χ3v) is 2.51. The smallest absolute Gasteiger partial charge is 0.339 e. The zero-order valence-corrected chi connectivity index (χ0v) is 9.02. The molecular weight excluding hydrogens is 206 g/mol. The molecule has 0 aliphatic heterocycles. The van der Waals surface area contributed by atoms with Gasteiger partial charge in [-0.25, -0.2) is 4.79 Å². The molecule has 4 heteroatoms. The highest BCUT2D eigenvalue weighted by Gasteiger charge is 2.13. The summed E-state index contributed by atoms with van der Waals surface area (Å²) < 4.78 is 5.03. The minimum Gasteiger partial charge on any atom is -0.496 e. The highest BCUT2D eigenvalue weighted by molar-refractivity contribution is 5.97. The predicted molar refractivity (Wildman–Crippen MR) is 60.0 cm³/mol. The summed E-state index contributed by atoms with van der Waals surface area (Å²) in [4.78, 5) is 15.2. The van der Waals surface area contributed by atoms with Crippen molar-refractivity contribution in [1.82, 2.24) is 4.98 Å². The molecule has 16 heavy (non-hydrogen) atoms. The normalized spacial score (nSPS) is 10.4. The molecule has 1 N–H and O–H groups in total. The maximum atomic E-state index is 11.0. The standard InChI is InChI=1S/C12H11NO3/c1-7-3-4-13-10-6-11(16-2)9(12(14)15)5-8(7)10/h3-6H,1-2H3,(H,14,15). The van der Waals surface area contributed by atoms with E-state index in [4.69, 9.17) is 9.84 Å². The summed E-state index contributed by atoms with van der Waals surface area (Å²) in [5.74, 6) is -0.667. The van der Waals surface area contributed by atoms with Gasteiger partial charge in [-0.3, -0.25) is 4.98 Å². The number of methoxy groups -OCH3 is 1. The Bertz CT molecular complexity index is 563. The summed E-state index contributed by atoms with van der Waals surface area (Å²) in [5.41, 5.74) is 1.89. The molecular formula is C12H11NO3. The fourth-order valence-electron chi connectivity index (χ4n) is 1.65. The number of fused-ring (bicyclic) bond motifs is 1. The third-order valence-electron chi connectivity index (χ3n) is 2.51. The lowest BCUT2D eigenvalue weighted by Crippen LogP contribution is -2.01. The van der Waals surface area contributed by atoms with Crippen LogP contribution in [0, 0.1) is 6.92 Å². The van der Waals surface area contributed by atoms with E-state index in [9.17, 15) is 4.79 Å². The van der Waals surface area contributed by atoms with Gasteiger partial charge >= 0.3 is 5.97 Å². The van der Waals surface area contributed by atoms with Crippen molar-refractivity contribution in [3.63, 3.8) is 0 Å². The van der Waals surface area contributed by atoms with E-state index < -0.39 is 5.97 Å². The molecule has 4 nitrogen and oxygen atoms in total. The molecule has 1 heterocycles. The van der Waals surface area contributed by atoms with Crippen molar-refractivity contribution in [2.45, 2.75) is 6.92 Å². The zero-order valence-electron chi connectivity index (χ0n) is 9.02. The van der Waals surface area contributed by atoms with Crippen LogP contribution < -0.4 is 4.74 Å². The van der Waals surface area contributed by atoms with Gasteiger partial charge in [-0.05, 0) is 24.6 Å². The number of carboxylic acids is 1. The monoisotopic (exact) mass is 217 g/mol. The van der Waals surface area contributed by atoms with Crippen LogP contribution >= 0.6 is 0 Å². The van der Waals surface area contributed by atoms with Crippen LogP contribution in [-0.4, -0.2) is 23.2 Å². The molecule has 2 rings (SSSR count). The summed E-state index contributed by atoms with van der Waals surface area (Å²) in [7, 11) is 1.45. The second-order valence-electron chi connectivity index (χ2n) is 3.50. The number of aryl methyl sites for hydroxylation is 1. The molecule has 0 atom stereocenters. The number of hydrogen-bond donors (Lipinski definition) is 1. The average Bonchev–Trinajstić information content (AvgIpc) is 2.27. The van der Waals surface area contributed by atoms with Crippen LogP contribution in [0.2, 0.25) is 0 Å². The highest BCUT2D eigenvalue weighted by atomic mass is 16.5. The lowest BCUT2D eigenvalue weighted by atomic mass is 10.1. The molecule has 0 aliphatic rings. The summed E-state index contributed by atoms with van der Waals surface area (Å²) >= 11 is 0. The molecule has 1 aromatic heterocycles. The van der Waals surface area contributed by atoms with Crippen molar-refractivity contribution >= 4 is 16.9 Å². The Morgan fingerprint density at radius 1 is 1.44 bits per heavy atom. The van der Waals surface area contributed by atoms with E-state index in [1.54, 1.807) is 18.3 Å². The molecule has 0 saturated carbocycles. The van der Waals surface area contributed by atoms with Crippen LogP contribution in [0.15, 0.2) is 24.4 Å². The van der Waals surface area contributed by atoms with E-state index in [-0.39, 0.29) is 5.56 Å². The van der Waals surface area contributed by atoms with Gasteiger partial charge in [-0.1, -0.05) is 0 Å². The maximum absolute atomic E-state index is 11.0. The number of pyridine rings is 1. The quantitative estimate of drug-likeness (QED) is 0.838. The second kappa shape index (κ2) is 3.81. The summed E-state index contributed by atoms with van der Waals surface area (Å²) in [6.07, 6.45) is 1.69. The van der Waals surface area contributed by atoms with E-state index in [0.717, 1.165) is 16.5 Å². The van der Waals surface area contributed by atoms with E-state index in [2.05, 4.69) is 4.98 Å². The van der Waals surface area contributed by atoms with E-state index in [1.165, 1.54) is 7.11 Å². The summed E-state index contributed by atoms with van der Waals surface area (Å²) in [6, 6.07) is 5.09. The minimum atomic E-state index is -0.998. The minimum absolute atomic E-state index is 0.158. The largest absolute Gasteiger partial charge is 0.496 e. The number of aromatic carboxylic acids is 1. The van der Waals surface area contributed by atoms with Gasteiger partial charge < -0.3 is 9.84 Å². The molecule has 82 valence electrons. The SMILES string of the molecule is COc1cc2nccc(C)c2cc1C(=O)O. The van der Waals surface area contributed by atoms with Gasteiger partial charge in [0.05, 0.1) is 12.6 Å². The van der Waals surface area contributed by atoms with Crippen LogP contribution in [0.25, 0.3) is 10.9 Å². The molecule has 2 aromatic rings. The molecule has 0 radical (unpaired) electrons. The van der Waals surface area contributed by atoms with Crippen LogP contribution in [0.4, 0.5) is 0 Å². The Balaban J connectivity index is 2.81. The molecule has 0 spiro atoms. The summed E-state index contributed by atoms with van der Waals surface area (Å²) in [5, 5.41) is 9.88. The number of aromatic nitrogens is 1. The third kappa shape index (κ3) is 1.58. The highest BCUT2D eigenvalue weighted by Crippen LogP contribution is 2.26. The van der Waals surface area contributed by atoms with Gasteiger partial charge in [0.2, 0.25) is 0 Å². The van der Waals surface area contributed by atoms with Crippen molar-refractivity contribution < 1.29 is 14.6 Å². The first kappa shape index (κ1) is 10.4. The first-order chi connectivity index (χ1) is 7.63. The number of carbonyl (C=O) groups is 1. The number of nitrogens with zero attached hydrogens (tertiary/aromatic N) is 1. The van der Waals surface area contributed by atoms with Crippen molar-refractivity contribution in [1.29, 1.82) is 0 Å². The van der Waals surface area contributed by atoms with Crippen molar-refractivity contribution in [3.8, 4) is 5.75 Å². The molecule has 0 saturated heterocycles. The van der Waals surface area contributed by atoms with Crippen LogP contribution in [0.3, 0.4) is 0 Å². The molecule has 0 amide bonds. The zero-order chi connectivity index (χ0) is 11.7. The van der Waals surface area contributed by atoms with Gasteiger partial charge in [0.15, 0.2) is 0 Å². The Labute approximate surface area is 92.5 Å². The number of carboxylic acid groups (broad SMARTS) is 1. The Morgan fingerprint density at radius 2 is 2.19 bits per heavy atom. The number of rotatable bonds is 2. The van der Waals surface area contributed by atoms with Crippen LogP contribution in [0.1, 0.15) is 15.9 Å². The first-order valence-corrected chi connectivity index (χ1v) is 4.80. The predicted octanol–water partition coefficient (Wildman–Crippen LogP) is 2.25. The van der Waals surface area contributed by atoms with Gasteiger partial charge in [-0.15, -0.1) is 0 Å². The van der Waals surface area contributed by atoms with Crippen LogP contribution in [-0.2, 0) is 0 Å². The molecule has 0 unspecified atom stereocenters. The van der Waals surface area contributed by atoms with Crippen molar-refractivity contribution in [2.24, 2.45) is 0 Å². The molecule has 0 fully saturated rings. The Kier molecular flexibility index (Phi) is 2.48. The van der Waals surface area contributed by atoms with E-state index >= 15 is 0 Å². The lowest BCUT2D eigenvalue weighted by molar-refractivity contribution is 0.0693. The number of hydrogen-bond acceptors (Lipinski definition) is 3. The van der Waals surface area contributed by atoms with Crippen molar-refractivity contribution in [3.05, 3.63) is 35.5 Å². The molecule has 0 bridgehead atoms. The molecule has 1 aromatic carbocycles. The fourth-order valence-corrected chi connectivity index (χ4v) is 1.65. The number of benzene rings is 1. The molecule has 0 aliphatic carbocycles. The number of ether oxygens (including phenoxy) is 1. The van der Waals surface area contributed by atoms with Gasteiger partial charge in [-0.2, -0.15) is 0 Å². The maximum Gasteiger partial charge on any atom is 0.339 e. The second-order valence-corrected chi connectivity index (χ2v) is 3.50. The lowest BCUT2D eigenvalue weighted by Gasteiger charge is -2.07. The summed E-state index contributed by atoms with van der Waals surface area (Å²) in [6.45, 7) is 1.92. The van der Waals surface area contributed by atoms with Gasteiger partial charge in [0, 0.05) is 17.6 Å². The Morgan fingerprint density at radius 3 is 2.81 bits per heavy atom. The van der Waals surface area contributed by atoms with Gasteiger partial charge in [0.25, 0.3) is 0 Å². The van der Waals surface area contributed by atoms with Crippen molar-refractivity contribution in [2.75, 3.05) is 7.11 Å². The average molecular weight is 217 g/mol. The van der Waals surface area contributed by atoms with Crippen LogP contribution in [0.5, 0.6) is 5.75 Å². The first-order valence-electron chi connectivity index (χ1n) is 4.80. The topological polar surface area (TPSA) is 59.4 Å².